The second kappa shape index (κ2) is 24.3. The number of hydrogen-bond donors (Lipinski definition) is 1. The van der Waals surface area contributed by atoms with Crippen LogP contribution < -0.4 is 0 Å². The van der Waals surface area contributed by atoms with Crippen molar-refractivity contribution in [3.8, 4) is 0 Å². The third-order valence-corrected chi connectivity index (χ3v) is 8.98. The number of fused-ring (bicyclic) bond motifs is 2. The summed E-state index contributed by atoms with van der Waals surface area (Å²) in [6, 6.07) is 30.0. The van der Waals surface area contributed by atoms with Gasteiger partial charge in [-0.1, -0.05) is 176 Å². The summed E-state index contributed by atoms with van der Waals surface area (Å²) >= 11 is 6.27. The fraction of sp³-hybridized carbons (Fsp3) is 0.450. The second-order valence-electron chi connectivity index (χ2n) is 11.0. The predicted molar refractivity (Wildman–Crippen MR) is 200 cm³/mol. The van der Waals surface area contributed by atoms with Crippen LogP contribution in [0.5, 0.6) is 0 Å². The van der Waals surface area contributed by atoms with Crippen molar-refractivity contribution >= 4 is 52.0 Å². The topological polar surface area (TPSA) is 0 Å². The van der Waals surface area contributed by atoms with Crippen LogP contribution in [0.4, 0.5) is 0 Å². The van der Waals surface area contributed by atoms with Crippen molar-refractivity contribution < 1.29 is 0 Å². The molecule has 0 saturated carbocycles. The fourth-order valence-electron chi connectivity index (χ4n) is 5.10. The maximum absolute atomic E-state index is 4.15. The summed E-state index contributed by atoms with van der Waals surface area (Å²) in [6.45, 7) is 8.31. The van der Waals surface area contributed by atoms with Crippen LogP contribution in [0, 0.1) is 0 Å². The number of thiol groups is 1. The van der Waals surface area contributed by atoms with Crippen molar-refractivity contribution in [2.45, 2.75) is 97.3 Å². The van der Waals surface area contributed by atoms with Gasteiger partial charge < -0.3 is 0 Å². The second-order valence-corrected chi connectivity index (χ2v) is 12.7. The van der Waals surface area contributed by atoms with E-state index in [0.717, 1.165) is 5.75 Å². The monoisotopic (exact) mass is 600 g/mol. The standard InChI is InChI=1S/C20H28S.C12H10.C8H18S/c1-2-3-4-5-6-9-16-21-17-15-19-13-10-12-18-11-7-8-14-20(18)19;1-2-10-7-5-8-11-6-3-4-9-12(10)11;1-2-3-4-5-6-7-8-9/h7-8,10-14H,2-6,9,15-17H2,1H3;2-9H,1H2;9H,2-8H2,1H3. The molecule has 0 heterocycles. The first-order valence-corrected chi connectivity index (χ1v) is 18.3. The van der Waals surface area contributed by atoms with E-state index in [1.165, 1.54) is 128 Å². The van der Waals surface area contributed by atoms with E-state index in [9.17, 15) is 0 Å². The highest BCUT2D eigenvalue weighted by atomic mass is 32.2. The quantitative estimate of drug-likeness (QED) is 0.0929. The van der Waals surface area contributed by atoms with Crippen molar-refractivity contribution in [3.05, 3.63) is 103 Å². The molecule has 2 heteroatoms. The van der Waals surface area contributed by atoms with Crippen LogP contribution in [0.1, 0.15) is 102 Å². The zero-order valence-corrected chi connectivity index (χ0v) is 28.2. The SMILES string of the molecule is C=Cc1cccc2ccccc12.CCCCCCCCS.CCCCCCCCSCCc1cccc2ccccc12. The lowest BCUT2D eigenvalue weighted by Crippen LogP contribution is -1.92. The van der Waals surface area contributed by atoms with Gasteiger partial charge in [0.2, 0.25) is 0 Å². The molecule has 0 bridgehead atoms. The summed E-state index contributed by atoms with van der Waals surface area (Å²) in [5.74, 6) is 3.64. The molecule has 0 unspecified atom stereocenters. The lowest BCUT2D eigenvalue weighted by molar-refractivity contribution is 0.627. The van der Waals surface area contributed by atoms with Gasteiger partial charge in [0, 0.05) is 0 Å². The number of hydrogen-bond acceptors (Lipinski definition) is 2. The molecule has 0 N–H and O–H groups in total. The lowest BCUT2D eigenvalue weighted by Gasteiger charge is -2.06. The van der Waals surface area contributed by atoms with Crippen LogP contribution in [0.25, 0.3) is 27.6 Å². The molecule has 228 valence electrons. The van der Waals surface area contributed by atoms with E-state index in [-0.39, 0.29) is 0 Å². The highest BCUT2D eigenvalue weighted by Gasteiger charge is 2.00. The number of rotatable bonds is 17. The van der Waals surface area contributed by atoms with E-state index in [0.29, 0.717) is 0 Å². The molecule has 0 spiro atoms. The normalized spacial score (nSPS) is 10.5. The number of aryl methyl sites for hydroxylation is 1. The van der Waals surface area contributed by atoms with Crippen LogP contribution in [0.2, 0.25) is 0 Å². The molecule has 42 heavy (non-hydrogen) atoms. The Kier molecular flexibility index (Phi) is 20.8. The highest BCUT2D eigenvalue weighted by molar-refractivity contribution is 7.99. The summed E-state index contributed by atoms with van der Waals surface area (Å²) in [5.41, 5.74) is 2.71. The van der Waals surface area contributed by atoms with Gasteiger partial charge in [0.05, 0.1) is 0 Å². The molecule has 0 radical (unpaired) electrons. The molecule has 0 aliphatic carbocycles. The predicted octanol–water partition coefficient (Wildman–Crippen LogP) is 13.2. The minimum absolute atomic E-state index is 1.06. The average molecular weight is 601 g/mol. The summed E-state index contributed by atoms with van der Waals surface area (Å²) in [6.07, 6.45) is 19.8. The van der Waals surface area contributed by atoms with E-state index >= 15 is 0 Å². The van der Waals surface area contributed by atoms with E-state index < -0.39 is 0 Å². The Labute approximate surface area is 268 Å². The Morgan fingerprint density at radius 3 is 1.74 bits per heavy atom. The van der Waals surface area contributed by atoms with Crippen molar-refractivity contribution in [1.29, 1.82) is 0 Å². The van der Waals surface area contributed by atoms with E-state index in [4.69, 9.17) is 0 Å². The smallest absolute Gasteiger partial charge is 0.00268 e. The zero-order chi connectivity index (χ0) is 30.1. The van der Waals surface area contributed by atoms with Crippen LogP contribution in [-0.2, 0) is 6.42 Å². The Balaban J connectivity index is 0.000000247. The van der Waals surface area contributed by atoms with Crippen molar-refractivity contribution in [2.75, 3.05) is 17.3 Å². The van der Waals surface area contributed by atoms with Gasteiger partial charge in [-0.05, 0) is 69.2 Å². The third kappa shape index (κ3) is 14.8. The first-order valence-electron chi connectivity index (χ1n) is 16.5. The molecular weight excluding hydrogens is 545 g/mol. The van der Waals surface area contributed by atoms with Crippen LogP contribution in [0.15, 0.2) is 91.5 Å². The van der Waals surface area contributed by atoms with Gasteiger partial charge >= 0.3 is 0 Å². The molecule has 0 nitrogen and oxygen atoms in total. The first-order chi connectivity index (χ1) is 20.7. The fourth-order valence-corrected chi connectivity index (χ4v) is 6.30. The Bertz CT molecular complexity index is 1210. The summed E-state index contributed by atoms with van der Waals surface area (Å²) < 4.78 is 0. The van der Waals surface area contributed by atoms with Gasteiger partial charge in [0.1, 0.15) is 0 Å². The van der Waals surface area contributed by atoms with Gasteiger partial charge in [0.25, 0.3) is 0 Å². The molecule has 4 rings (SSSR count). The summed E-state index contributed by atoms with van der Waals surface area (Å²) in [5, 5.41) is 5.35. The molecule has 0 saturated heterocycles. The molecular formula is C40H56S2. The van der Waals surface area contributed by atoms with Crippen molar-refractivity contribution in [1.82, 2.24) is 0 Å². The number of unbranched alkanes of at least 4 members (excludes halogenated alkanes) is 10. The molecule has 0 atom stereocenters. The Hall–Kier alpha value is -2.16. The van der Waals surface area contributed by atoms with Gasteiger partial charge in [0.15, 0.2) is 0 Å². The van der Waals surface area contributed by atoms with Gasteiger partial charge in [-0.3, -0.25) is 0 Å². The first kappa shape index (κ1) is 36.0. The van der Waals surface area contributed by atoms with Gasteiger partial charge in [-0.15, -0.1) is 0 Å². The molecule has 0 amide bonds. The van der Waals surface area contributed by atoms with Crippen LogP contribution in [0.3, 0.4) is 0 Å². The average Bonchev–Trinajstić information content (AvgIpc) is 3.04. The van der Waals surface area contributed by atoms with E-state index in [2.05, 4.69) is 130 Å². The van der Waals surface area contributed by atoms with Crippen LogP contribution in [-0.4, -0.2) is 17.3 Å². The Morgan fingerprint density at radius 1 is 0.571 bits per heavy atom. The van der Waals surface area contributed by atoms with Crippen molar-refractivity contribution in [3.63, 3.8) is 0 Å². The maximum atomic E-state index is 4.15. The van der Waals surface area contributed by atoms with Gasteiger partial charge in [-0.25, -0.2) is 0 Å². The number of thioether (sulfide) groups is 1. The highest BCUT2D eigenvalue weighted by Crippen LogP contribution is 2.21. The maximum Gasteiger partial charge on any atom is -0.00268 e. The van der Waals surface area contributed by atoms with Gasteiger partial charge in [-0.2, -0.15) is 24.4 Å². The summed E-state index contributed by atoms with van der Waals surface area (Å²) in [7, 11) is 0. The van der Waals surface area contributed by atoms with Crippen LogP contribution >= 0.6 is 24.4 Å². The third-order valence-electron chi connectivity index (χ3n) is 7.59. The molecule has 0 aromatic heterocycles. The molecule has 0 fully saturated rings. The lowest BCUT2D eigenvalue weighted by atomic mass is 10.0. The summed E-state index contributed by atoms with van der Waals surface area (Å²) in [4.78, 5) is 0. The number of benzene rings is 4. The molecule has 0 aliphatic heterocycles. The van der Waals surface area contributed by atoms with Crippen molar-refractivity contribution in [2.24, 2.45) is 0 Å². The molecule has 4 aromatic rings. The zero-order valence-electron chi connectivity index (χ0n) is 26.5. The largest absolute Gasteiger partial charge is 0.179 e. The minimum Gasteiger partial charge on any atom is -0.179 e. The molecule has 4 aromatic carbocycles. The van der Waals surface area contributed by atoms with E-state index in [1.807, 2.05) is 6.08 Å². The Morgan fingerprint density at radius 2 is 1.10 bits per heavy atom. The minimum atomic E-state index is 1.06. The molecule has 0 aliphatic rings. The van der Waals surface area contributed by atoms with E-state index in [1.54, 1.807) is 0 Å².